The van der Waals surface area contributed by atoms with Gasteiger partial charge >= 0.3 is 6.03 Å². The first kappa shape index (κ1) is 20.6. The number of urea groups is 1. The van der Waals surface area contributed by atoms with E-state index in [0.717, 1.165) is 29.9 Å². The van der Waals surface area contributed by atoms with Crippen LogP contribution in [-0.4, -0.2) is 25.3 Å². The summed E-state index contributed by atoms with van der Waals surface area (Å²) in [5, 5.41) is 5.86. The van der Waals surface area contributed by atoms with E-state index >= 15 is 0 Å². The second kappa shape index (κ2) is 10.5. The predicted octanol–water partition coefficient (Wildman–Crippen LogP) is 4.30. The van der Waals surface area contributed by atoms with Gasteiger partial charge in [-0.15, -0.1) is 0 Å². The Morgan fingerprint density at radius 2 is 1.74 bits per heavy atom. The van der Waals surface area contributed by atoms with Gasteiger partial charge in [-0.2, -0.15) is 0 Å². The number of rotatable bonds is 9. The van der Waals surface area contributed by atoms with Crippen LogP contribution < -0.4 is 20.1 Å². The third-order valence-electron chi connectivity index (χ3n) is 4.17. The number of hydrogen-bond acceptors (Lipinski definition) is 3. The molecule has 2 N–H and O–H groups in total. The van der Waals surface area contributed by atoms with E-state index in [4.69, 9.17) is 9.47 Å². The number of methoxy groups -OCH3 is 1. The molecule has 146 valence electrons. The van der Waals surface area contributed by atoms with Crippen LogP contribution in [-0.2, 0) is 13.0 Å². The van der Waals surface area contributed by atoms with Crippen LogP contribution in [0.3, 0.4) is 0 Å². The van der Waals surface area contributed by atoms with E-state index < -0.39 is 0 Å². The zero-order valence-electron chi connectivity index (χ0n) is 16.6. The Morgan fingerprint density at radius 3 is 2.41 bits per heavy atom. The van der Waals surface area contributed by atoms with Gasteiger partial charge in [0, 0.05) is 18.2 Å². The summed E-state index contributed by atoms with van der Waals surface area (Å²) in [6.07, 6.45) is 1.94. The maximum Gasteiger partial charge on any atom is 0.315 e. The standard InChI is InChI=1S/C22H30N2O3/c1-16(2)27-20-13-11-18(12-14-20)10-9-17(3)24-22(25)23-15-19-7-5-6-8-21(19)26-4/h5-8,11-14,16-17H,9-10,15H2,1-4H3,(H2,23,24,25). The maximum atomic E-state index is 12.1. The summed E-state index contributed by atoms with van der Waals surface area (Å²) in [6, 6.07) is 15.7. The molecule has 1 atom stereocenters. The van der Waals surface area contributed by atoms with Crippen molar-refractivity contribution in [1.82, 2.24) is 10.6 Å². The van der Waals surface area contributed by atoms with Crippen molar-refractivity contribution >= 4 is 6.03 Å². The van der Waals surface area contributed by atoms with Gasteiger partial charge in [-0.1, -0.05) is 30.3 Å². The fourth-order valence-corrected chi connectivity index (χ4v) is 2.76. The highest BCUT2D eigenvalue weighted by atomic mass is 16.5. The summed E-state index contributed by atoms with van der Waals surface area (Å²) in [5.41, 5.74) is 2.18. The molecule has 0 saturated carbocycles. The van der Waals surface area contributed by atoms with Crippen LogP contribution in [0.5, 0.6) is 11.5 Å². The zero-order chi connectivity index (χ0) is 19.6. The van der Waals surface area contributed by atoms with Crippen LogP contribution in [0.1, 0.15) is 38.3 Å². The van der Waals surface area contributed by atoms with Gasteiger partial charge in [0.05, 0.1) is 13.2 Å². The molecule has 2 rings (SSSR count). The Hall–Kier alpha value is -2.69. The molecule has 0 bridgehead atoms. The first-order valence-electron chi connectivity index (χ1n) is 9.39. The molecule has 5 heteroatoms. The van der Waals surface area contributed by atoms with Gasteiger partial charge in [0.25, 0.3) is 0 Å². The minimum Gasteiger partial charge on any atom is -0.496 e. The lowest BCUT2D eigenvalue weighted by molar-refractivity contribution is 0.236. The number of benzene rings is 2. The quantitative estimate of drug-likeness (QED) is 0.692. The molecule has 0 saturated heterocycles. The summed E-state index contributed by atoms with van der Waals surface area (Å²) >= 11 is 0. The van der Waals surface area contributed by atoms with E-state index in [9.17, 15) is 4.79 Å². The first-order valence-corrected chi connectivity index (χ1v) is 9.39. The number of amides is 2. The van der Waals surface area contributed by atoms with Gasteiger partial charge in [0.15, 0.2) is 0 Å². The smallest absolute Gasteiger partial charge is 0.315 e. The number of nitrogens with one attached hydrogen (secondary N) is 2. The van der Waals surface area contributed by atoms with E-state index in [2.05, 4.69) is 22.8 Å². The number of ether oxygens (including phenoxy) is 2. The molecule has 0 aromatic heterocycles. The maximum absolute atomic E-state index is 12.1. The van der Waals surface area contributed by atoms with E-state index in [1.807, 2.05) is 57.2 Å². The molecule has 0 fully saturated rings. The highest BCUT2D eigenvalue weighted by Gasteiger charge is 2.09. The molecular formula is C22H30N2O3. The van der Waals surface area contributed by atoms with Crippen molar-refractivity contribution in [3.8, 4) is 11.5 Å². The Balaban J connectivity index is 1.73. The first-order chi connectivity index (χ1) is 13.0. The average Bonchev–Trinajstić information content (AvgIpc) is 2.65. The van der Waals surface area contributed by atoms with Gasteiger partial charge in [0.2, 0.25) is 0 Å². The highest BCUT2D eigenvalue weighted by Crippen LogP contribution is 2.17. The van der Waals surface area contributed by atoms with Crippen molar-refractivity contribution in [2.24, 2.45) is 0 Å². The molecule has 2 amide bonds. The summed E-state index contributed by atoms with van der Waals surface area (Å²) in [5.74, 6) is 1.66. The second-order valence-electron chi connectivity index (χ2n) is 6.89. The van der Waals surface area contributed by atoms with Crippen molar-refractivity contribution in [2.75, 3.05) is 7.11 Å². The molecule has 5 nitrogen and oxygen atoms in total. The topological polar surface area (TPSA) is 59.6 Å². The highest BCUT2D eigenvalue weighted by molar-refractivity contribution is 5.74. The molecule has 0 radical (unpaired) electrons. The van der Waals surface area contributed by atoms with Gasteiger partial charge in [-0.3, -0.25) is 0 Å². The molecule has 0 spiro atoms. The lowest BCUT2D eigenvalue weighted by Gasteiger charge is -2.16. The normalized spacial score (nSPS) is 11.7. The van der Waals surface area contributed by atoms with Crippen LogP contribution in [0.4, 0.5) is 4.79 Å². The van der Waals surface area contributed by atoms with Crippen molar-refractivity contribution < 1.29 is 14.3 Å². The summed E-state index contributed by atoms with van der Waals surface area (Å²) < 4.78 is 10.9. The Bertz CT molecular complexity index is 714. The van der Waals surface area contributed by atoms with E-state index in [-0.39, 0.29) is 18.2 Å². The summed E-state index contributed by atoms with van der Waals surface area (Å²) in [4.78, 5) is 12.1. The van der Waals surface area contributed by atoms with Gasteiger partial charge in [-0.05, 0) is 57.4 Å². The SMILES string of the molecule is COc1ccccc1CNC(=O)NC(C)CCc1ccc(OC(C)C)cc1. The van der Waals surface area contributed by atoms with Gasteiger partial charge in [0.1, 0.15) is 11.5 Å². The fourth-order valence-electron chi connectivity index (χ4n) is 2.76. The Labute approximate surface area is 162 Å². The molecule has 2 aromatic rings. The molecule has 27 heavy (non-hydrogen) atoms. The molecule has 0 aliphatic carbocycles. The average molecular weight is 370 g/mol. The largest absolute Gasteiger partial charge is 0.496 e. The van der Waals surface area contributed by atoms with Crippen molar-refractivity contribution in [2.45, 2.75) is 52.3 Å². The van der Waals surface area contributed by atoms with Crippen molar-refractivity contribution in [3.05, 3.63) is 59.7 Å². The number of para-hydroxylation sites is 1. The molecule has 0 aliphatic rings. The predicted molar refractivity (Wildman–Crippen MR) is 108 cm³/mol. The van der Waals surface area contributed by atoms with Crippen LogP contribution in [0.25, 0.3) is 0 Å². The monoisotopic (exact) mass is 370 g/mol. The summed E-state index contributed by atoms with van der Waals surface area (Å²) in [7, 11) is 1.63. The number of aryl methyl sites for hydroxylation is 1. The number of carbonyl (C=O) groups is 1. The van der Waals surface area contributed by atoms with Gasteiger partial charge < -0.3 is 20.1 Å². The number of carbonyl (C=O) groups excluding carboxylic acids is 1. The Kier molecular flexibility index (Phi) is 7.99. The molecule has 1 unspecified atom stereocenters. The zero-order valence-corrected chi connectivity index (χ0v) is 16.6. The second-order valence-corrected chi connectivity index (χ2v) is 6.89. The summed E-state index contributed by atoms with van der Waals surface area (Å²) in [6.45, 7) is 6.47. The van der Waals surface area contributed by atoms with Crippen molar-refractivity contribution in [3.63, 3.8) is 0 Å². The third kappa shape index (κ3) is 7.21. The van der Waals surface area contributed by atoms with E-state index in [0.29, 0.717) is 6.54 Å². The van der Waals surface area contributed by atoms with E-state index in [1.54, 1.807) is 7.11 Å². The molecule has 0 heterocycles. The van der Waals surface area contributed by atoms with Gasteiger partial charge in [-0.25, -0.2) is 4.79 Å². The minimum absolute atomic E-state index is 0.0780. The third-order valence-corrected chi connectivity index (χ3v) is 4.17. The molecule has 2 aromatic carbocycles. The van der Waals surface area contributed by atoms with Crippen LogP contribution in [0, 0.1) is 0 Å². The molecule has 0 aliphatic heterocycles. The molecular weight excluding hydrogens is 340 g/mol. The van der Waals surface area contributed by atoms with Crippen molar-refractivity contribution in [1.29, 1.82) is 0 Å². The minimum atomic E-state index is -0.172. The fraction of sp³-hybridized carbons (Fsp3) is 0.409. The van der Waals surface area contributed by atoms with Crippen LogP contribution >= 0.6 is 0 Å². The van der Waals surface area contributed by atoms with E-state index in [1.165, 1.54) is 5.56 Å². The lowest BCUT2D eigenvalue weighted by atomic mass is 10.1. The lowest BCUT2D eigenvalue weighted by Crippen LogP contribution is -2.40. The van der Waals surface area contributed by atoms with Crippen LogP contribution in [0.15, 0.2) is 48.5 Å². The number of hydrogen-bond donors (Lipinski definition) is 2. The Morgan fingerprint density at radius 1 is 1.04 bits per heavy atom. The van der Waals surface area contributed by atoms with Crippen LogP contribution in [0.2, 0.25) is 0 Å².